The first-order valence-corrected chi connectivity index (χ1v) is 9.08. The van der Waals surface area contributed by atoms with Crippen molar-refractivity contribution < 1.29 is 4.79 Å². The number of rotatable bonds is 5. The van der Waals surface area contributed by atoms with Crippen molar-refractivity contribution in [2.24, 2.45) is 7.05 Å². The number of imidazole rings is 1. The van der Waals surface area contributed by atoms with Crippen LogP contribution in [-0.4, -0.2) is 20.4 Å². The van der Waals surface area contributed by atoms with Crippen LogP contribution in [-0.2, 0) is 7.05 Å². The third-order valence-electron chi connectivity index (χ3n) is 4.91. The second-order valence-corrected chi connectivity index (χ2v) is 6.93. The van der Waals surface area contributed by atoms with Crippen molar-refractivity contribution in [3.63, 3.8) is 0 Å². The van der Waals surface area contributed by atoms with Crippen molar-refractivity contribution in [2.75, 3.05) is 0 Å². The first kappa shape index (κ1) is 18.1. The van der Waals surface area contributed by atoms with Gasteiger partial charge in [-0.2, -0.15) is 0 Å². The Morgan fingerprint density at radius 2 is 2.04 bits per heavy atom. The number of benzene rings is 1. The molecule has 3 rings (SSSR count). The first-order valence-electron chi connectivity index (χ1n) is 9.08. The molecule has 1 unspecified atom stereocenters. The summed E-state index contributed by atoms with van der Waals surface area (Å²) >= 11 is 0. The smallest absolute Gasteiger partial charge is 0.252 e. The van der Waals surface area contributed by atoms with E-state index in [1.54, 1.807) is 6.20 Å². The molecule has 136 valence electrons. The molecule has 0 bridgehead atoms. The molecule has 0 aliphatic heterocycles. The highest BCUT2D eigenvalue weighted by molar-refractivity contribution is 6.07. The van der Waals surface area contributed by atoms with Gasteiger partial charge in [-0.1, -0.05) is 25.0 Å². The molecular formula is C21H26N4O. The Labute approximate surface area is 154 Å². The number of carbonyl (C=O) groups is 1. The number of aryl methyl sites for hydroxylation is 3. The van der Waals surface area contributed by atoms with Crippen molar-refractivity contribution in [1.82, 2.24) is 19.9 Å². The minimum absolute atomic E-state index is 0.0648. The lowest BCUT2D eigenvalue weighted by Gasteiger charge is -2.20. The van der Waals surface area contributed by atoms with Gasteiger partial charge in [0.25, 0.3) is 5.91 Å². The largest absolute Gasteiger partial charge is 0.342 e. The van der Waals surface area contributed by atoms with Gasteiger partial charge in [0.2, 0.25) is 0 Å². The van der Waals surface area contributed by atoms with Crippen LogP contribution in [0.25, 0.3) is 10.9 Å². The highest BCUT2D eigenvalue weighted by atomic mass is 16.1. The summed E-state index contributed by atoms with van der Waals surface area (Å²) in [6, 6.07) is 5.94. The number of nitrogens with zero attached hydrogens (tertiary/aromatic N) is 3. The fourth-order valence-electron chi connectivity index (χ4n) is 3.39. The minimum atomic E-state index is -0.111. The van der Waals surface area contributed by atoms with Crippen LogP contribution in [0.3, 0.4) is 0 Å². The van der Waals surface area contributed by atoms with Crippen molar-refractivity contribution in [3.05, 3.63) is 58.8 Å². The zero-order chi connectivity index (χ0) is 18.8. The lowest BCUT2D eigenvalue weighted by Crippen LogP contribution is -2.31. The molecule has 1 atom stereocenters. The zero-order valence-electron chi connectivity index (χ0n) is 16.1. The molecule has 1 amide bonds. The Hall–Kier alpha value is -2.69. The molecule has 0 saturated heterocycles. The topological polar surface area (TPSA) is 59.8 Å². The molecule has 0 aliphatic rings. The van der Waals surface area contributed by atoms with Crippen molar-refractivity contribution in [3.8, 4) is 0 Å². The Balaban J connectivity index is 2.05. The van der Waals surface area contributed by atoms with Crippen LogP contribution in [0.5, 0.6) is 0 Å². The second kappa shape index (κ2) is 7.28. The standard InChI is InChI=1S/C21H26N4O/c1-6-7-18(20-22-10-11-25(20)5)24-21(26)19-14(3)15(4)23-17-9-8-13(2)12-16(17)19/h8-12,18H,6-7H2,1-5H3,(H,24,26). The predicted octanol–water partition coefficient (Wildman–Crippen LogP) is 4.16. The van der Waals surface area contributed by atoms with Crippen LogP contribution < -0.4 is 5.32 Å². The molecule has 1 aromatic carbocycles. The molecule has 5 heteroatoms. The summed E-state index contributed by atoms with van der Waals surface area (Å²) in [7, 11) is 1.96. The van der Waals surface area contributed by atoms with E-state index in [1.807, 2.05) is 56.8 Å². The number of pyridine rings is 1. The van der Waals surface area contributed by atoms with Gasteiger partial charge in [0.1, 0.15) is 5.82 Å². The van der Waals surface area contributed by atoms with E-state index in [2.05, 4.69) is 22.2 Å². The summed E-state index contributed by atoms with van der Waals surface area (Å²) in [6.45, 7) is 8.06. The van der Waals surface area contributed by atoms with E-state index in [1.165, 1.54) is 0 Å². The van der Waals surface area contributed by atoms with Gasteiger partial charge in [0.15, 0.2) is 0 Å². The van der Waals surface area contributed by atoms with Gasteiger partial charge in [0.05, 0.1) is 17.1 Å². The van der Waals surface area contributed by atoms with E-state index in [-0.39, 0.29) is 11.9 Å². The van der Waals surface area contributed by atoms with E-state index < -0.39 is 0 Å². The fraction of sp³-hybridized carbons (Fsp3) is 0.381. The van der Waals surface area contributed by atoms with Crippen LogP contribution in [0.4, 0.5) is 0 Å². The van der Waals surface area contributed by atoms with E-state index in [9.17, 15) is 4.79 Å². The average Bonchev–Trinajstić information content (AvgIpc) is 3.02. The third kappa shape index (κ3) is 3.34. The van der Waals surface area contributed by atoms with Gasteiger partial charge in [-0.3, -0.25) is 9.78 Å². The molecule has 1 N–H and O–H groups in total. The van der Waals surface area contributed by atoms with Crippen LogP contribution in [0.2, 0.25) is 0 Å². The van der Waals surface area contributed by atoms with E-state index in [0.717, 1.165) is 46.4 Å². The average molecular weight is 350 g/mol. The molecule has 0 fully saturated rings. The number of amides is 1. The van der Waals surface area contributed by atoms with E-state index in [4.69, 9.17) is 0 Å². The number of aromatic nitrogens is 3. The summed E-state index contributed by atoms with van der Waals surface area (Å²) in [5, 5.41) is 4.11. The van der Waals surface area contributed by atoms with Gasteiger partial charge >= 0.3 is 0 Å². The van der Waals surface area contributed by atoms with Gasteiger partial charge in [-0.05, 0) is 44.9 Å². The third-order valence-corrected chi connectivity index (χ3v) is 4.91. The van der Waals surface area contributed by atoms with Crippen molar-refractivity contribution in [1.29, 1.82) is 0 Å². The molecule has 0 radical (unpaired) electrons. The van der Waals surface area contributed by atoms with Crippen LogP contribution in [0.1, 0.15) is 58.8 Å². The van der Waals surface area contributed by atoms with E-state index >= 15 is 0 Å². The minimum Gasteiger partial charge on any atom is -0.342 e. The summed E-state index contributed by atoms with van der Waals surface area (Å²) < 4.78 is 1.97. The molecule has 0 spiro atoms. The predicted molar refractivity (Wildman–Crippen MR) is 104 cm³/mol. The van der Waals surface area contributed by atoms with Gasteiger partial charge in [0, 0.05) is 30.5 Å². The molecule has 0 aliphatic carbocycles. The molecule has 3 aromatic rings. The highest BCUT2D eigenvalue weighted by Gasteiger charge is 2.22. The first-order chi connectivity index (χ1) is 12.4. The van der Waals surface area contributed by atoms with Crippen LogP contribution in [0.15, 0.2) is 30.6 Å². The highest BCUT2D eigenvalue weighted by Crippen LogP contribution is 2.25. The van der Waals surface area contributed by atoms with Crippen molar-refractivity contribution in [2.45, 2.75) is 46.6 Å². The Kier molecular flexibility index (Phi) is 5.07. The maximum atomic E-state index is 13.3. The number of hydrogen-bond donors (Lipinski definition) is 1. The summed E-state index contributed by atoms with van der Waals surface area (Å²) in [4.78, 5) is 22.3. The van der Waals surface area contributed by atoms with Gasteiger partial charge < -0.3 is 9.88 Å². The van der Waals surface area contributed by atoms with Gasteiger partial charge in [-0.25, -0.2) is 4.98 Å². The van der Waals surface area contributed by atoms with Crippen LogP contribution >= 0.6 is 0 Å². The second-order valence-electron chi connectivity index (χ2n) is 6.93. The summed E-state index contributed by atoms with van der Waals surface area (Å²) in [5.74, 6) is 0.814. The Morgan fingerprint density at radius 3 is 2.69 bits per heavy atom. The molecule has 2 heterocycles. The Bertz CT molecular complexity index is 958. The molecule has 2 aromatic heterocycles. The number of fused-ring (bicyclic) bond motifs is 1. The number of hydrogen-bond acceptors (Lipinski definition) is 3. The normalized spacial score (nSPS) is 12.3. The summed E-state index contributed by atoms with van der Waals surface area (Å²) in [5.41, 5.74) is 4.50. The number of carbonyl (C=O) groups excluding carboxylic acids is 1. The molecule has 26 heavy (non-hydrogen) atoms. The maximum Gasteiger partial charge on any atom is 0.252 e. The fourth-order valence-corrected chi connectivity index (χ4v) is 3.39. The lowest BCUT2D eigenvalue weighted by molar-refractivity contribution is 0.0933. The molecule has 0 saturated carbocycles. The molecule has 5 nitrogen and oxygen atoms in total. The number of nitrogens with one attached hydrogen (secondary N) is 1. The SMILES string of the molecule is CCCC(NC(=O)c1c(C)c(C)nc2ccc(C)cc12)c1nccn1C. The Morgan fingerprint density at radius 1 is 1.27 bits per heavy atom. The van der Waals surface area contributed by atoms with Crippen LogP contribution in [0, 0.1) is 20.8 Å². The van der Waals surface area contributed by atoms with E-state index in [0.29, 0.717) is 5.56 Å². The monoisotopic (exact) mass is 350 g/mol. The molecular weight excluding hydrogens is 324 g/mol. The zero-order valence-corrected chi connectivity index (χ0v) is 16.1. The summed E-state index contributed by atoms with van der Waals surface area (Å²) in [6.07, 6.45) is 5.48. The van der Waals surface area contributed by atoms with Crippen molar-refractivity contribution >= 4 is 16.8 Å². The maximum absolute atomic E-state index is 13.3. The lowest BCUT2D eigenvalue weighted by atomic mass is 9.99. The van der Waals surface area contributed by atoms with Gasteiger partial charge in [-0.15, -0.1) is 0 Å². The quantitative estimate of drug-likeness (QED) is 0.751.